The van der Waals surface area contributed by atoms with Crippen molar-refractivity contribution in [1.82, 2.24) is 0 Å². The van der Waals surface area contributed by atoms with Gasteiger partial charge in [-0.15, -0.1) is 0 Å². The van der Waals surface area contributed by atoms with Crippen LogP contribution in [0, 0.1) is 0 Å². The van der Waals surface area contributed by atoms with E-state index in [1.54, 1.807) is 0 Å². The minimum absolute atomic E-state index is 0.204. The second-order valence-corrected chi connectivity index (χ2v) is 2.16. The summed E-state index contributed by atoms with van der Waals surface area (Å²) in [4.78, 5) is 13.5. The molecule has 5 heteroatoms. The highest BCUT2D eigenvalue weighted by Crippen LogP contribution is 2.24. The topological polar surface area (TPSA) is 55.5 Å². The lowest BCUT2D eigenvalue weighted by Gasteiger charge is -2.03. The molecule has 0 aromatic heterocycles. The summed E-state index contributed by atoms with van der Waals surface area (Å²) in [5.41, 5.74) is 4.51. The van der Waals surface area contributed by atoms with E-state index >= 15 is 0 Å². The molecule has 0 fully saturated rings. The number of rotatable bonds is 1. The maximum Gasteiger partial charge on any atom is 0.272 e. The zero-order chi connectivity index (χ0) is 7.78. The molecular weight excluding hydrogens is 142 g/mol. The van der Waals surface area contributed by atoms with Crippen molar-refractivity contribution in [3.05, 3.63) is 0 Å². The Morgan fingerprint density at radius 3 is 2.50 bits per heavy atom. The first-order valence-corrected chi connectivity index (χ1v) is 2.72. The second kappa shape index (κ2) is 2.00. The third-order valence-corrected chi connectivity index (χ3v) is 1.21. The molecule has 0 unspecified atom stereocenters. The number of aliphatic imine (C=N–C) groups is 1. The monoisotopic (exact) mass is 148 g/mol. The van der Waals surface area contributed by atoms with Crippen molar-refractivity contribution in [2.45, 2.75) is 12.3 Å². The summed E-state index contributed by atoms with van der Waals surface area (Å²) in [7, 11) is 0. The van der Waals surface area contributed by atoms with Crippen LogP contribution in [0.1, 0.15) is 6.42 Å². The van der Waals surface area contributed by atoms with Crippen LogP contribution in [0.15, 0.2) is 4.99 Å². The standard InChI is InChI=1S/C5H6F2N2O/c6-5(7)1-3(4(8)10)9-2-5/h1-2H2,(H2,8,10). The quantitative estimate of drug-likeness (QED) is 0.557. The Hall–Kier alpha value is -1.00. The van der Waals surface area contributed by atoms with Crippen molar-refractivity contribution in [3.8, 4) is 0 Å². The van der Waals surface area contributed by atoms with Crippen LogP contribution in [0.4, 0.5) is 8.78 Å². The van der Waals surface area contributed by atoms with Gasteiger partial charge in [-0.3, -0.25) is 9.79 Å². The average Bonchev–Trinajstić information content (AvgIpc) is 2.10. The van der Waals surface area contributed by atoms with Crippen molar-refractivity contribution in [1.29, 1.82) is 0 Å². The number of carbonyl (C=O) groups excluding carboxylic acids is 1. The Morgan fingerprint density at radius 2 is 2.30 bits per heavy atom. The number of carbonyl (C=O) groups is 1. The predicted octanol–water partition coefficient (Wildman–Crippen LogP) is -0.0483. The number of primary amides is 1. The van der Waals surface area contributed by atoms with Gasteiger partial charge in [-0.2, -0.15) is 0 Å². The summed E-state index contributed by atoms with van der Waals surface area (Å²) < 4.78 is 24.5. The zero-order valence-corrected chi connectivity index (χ0v) is 5.10. The van der Waals surface area contributed by atoms with Crippen LogP contribution in [0.3, 0.4) is 0 Å². The number of alkyl halides is 2. The van der Waals surface area contributed by atoms with E-state index in [1.807, 2.05) is 0 Å². The fraction of sp³-hybridized carbons (Fsp3) is 0.600. The third kappa shape index (κ3) is 1.29. The predicted molar refractivity (Wildman–Crippen MR) is 31.1 cm³/mol. The SMILES string of the molecule is NC(=O)C1=NCC(F)(F)C1. The van der Waals surface area contributed by atoms with E-state index < -0.39 is 24.8 Å². The zero-order valence-electron chi connectivity index (χ0n) is 5.10. The summed E-state index contributed by atoms with van der Waals surface area (Å²) in [6.45, 7) is -0.606. The molecule has 0 aliphatic carbocycles. The van der Waals surface area contributed by atoms with Gasteiger partial charge in [-0.25, -0.2) is 8.78 Å². The van der Waals surface area contributed by atoms with Crippen LogP contribution in [0.5, 0.6) is 0 Å². The van der Waals surface area contributed by atoms with Crippen molar-refractivity contribution >= 4 is 11.6 Å². The van der Waals surface area contributed by atoms with Gasteiger partial charge in [0.25, 0.3) is 11.8 Å². The number of nitrogens with two attached hydrogens (primary N) is 1. The highest BCUT2D eigenvalue weighted by atomic mass is 19.3. The lowest BCUT2D eigenvalue weighted by Crippen LogP contribution is -2.25. The Kier molecular flexibility index (Phi) is 1.42. The molecule has 0 aromatic rings. The molecule has 1 aliphatic rings. The molecule has 10 heavy (non-hydrogen) atoms. The van der Waals surface area contributed by atoms with Crippen molar-refractivity contribution < 1.29 is 13.6 Å². The highest BCUT2D eigenvalue weighted by molar-refractivity contribution is 6.39. The van der Waals surface area contributed by atoms with E-state index in [0.29, 0.717) is 0 Å². The first kappa shape index (κ1) is 7.11. The Balaban J connectivity index is 2.64. The van der Waals surface area contributed by atoms with Gasteiger partial charge in [0.05, 0.1) is 6.42 Å². The first-order chi connectivity index (χ1) is 4.51. The van der Waals surface area contributed by atoms with Gasteiger partial charge in [-0.05, 0) is 0 Å². The van der Waals surface area contributed by atoms with E-state index in [9.17, 15) is 13.6 Å². The third-order valence-electron chi connectivity index (χ3n) is 1.21. The molecule has 0 saturated carbocycles. The summed E-state index contributed by atoms with van der Waals surface area (Å²) in [5.74, 6) is -3.71. The van der Waals surface area contributed by atoms with Crippen LogP contribution in [-0.4, -0.2) is 24.1 Å². The molecule has 0 spiro atoms. The molecule has 1 rings (SSSR count). The molecule has 0 bridgehead atoms. The first-order valence-electron chi connectivity index (χ1n) is 2.72. The molecule has 3 nitrogen and oxygen atoms in total. The van der Waals surface area contributed by atoms with E-state index in [1.165, 1.54) is 0 Å². The molecule has 1 heterocycles. The summed E-state index contributed by atoms with van der Waals surface area (Å²) in [6, 6.07) is 0. The van der Waals surface area contributed by atoms with Crippen molar-refractivity contribution in [2.24, 2.45) is 10.7 Å². The normalized spacial score (nSPS) is 22.4. The van der Waals surface area contributed by atoms with Gasteiger partial charge in [0.1, 0.15) is 12.3 Å². The maximum atomic E-state index is 12.2. The van der Waals surface area contributed by atoms with Gasteiger partial charge in [-0.1, -0.05) is 0 Å². The molecule has 0 atom stereocenters. The van der Waals surface area contributed by atoms with Crippen LogP contribution in [0.25, 0.3) is 0 Å². The van der Waals surface area contributed by atoms with Gasteiger partial charge >= 0.3 is 0 Å². The van der Waals surface area contributed by atoms with Crippen LogP contribution < -0.4 is 5.73 Å². The Labute approximate surface area is 55.9 Å². The van der Waals surface area contributed by atoms with Gasteiger partial charge in [0, 0.05) is 0 Å². The lowest BCUT2D eigenvalue weighted by molar-refractivity contribution is -0.112. The maximum absolute atomic E-state index is 12.2. The molecule has 56 valence electrons. The van der Waals surface area contributed by atoms with Crippen molar-refractivity contribution in [3.63, 3.8) is 0 Å². The van der Waals surface area contributed by atoms with Gasteiger partial charge in [0.15, 0.2) is 0 Å². The number of halogens is 2. The molecular formula is C5H6F2N2O. The molecule has 0 radical (unpaired) electrons. The van der Waals surface area contributed by atoms with Crippen LogP contribution in [-0.2, 0) is 4.79 Å². The summed E-state index contributed by atoms with van der Waals surface area (Å²) in [5, 5.41) is 0. The van der Waals surface area contributed by atoms with E-state index in [2.05, 4.69) is 4.99 Å². The van der Waals surface area contributed by atoms with Gasteiger partial charge < -0.3 is 5.73 Å². The average molecular weight is 148 g/mol. The van der Waals surface area contributed by atoms with Crippen LogP contribution in [0.2, 0.25) is 0 Å². The molecule has 0 aromatic carbocycles. The lowest BCUT2D eigenvalue weighted by atomic mass is 10.2. The second-order valence-electron chi connectivity index (χ2n) is 2.16. The molecule has 1 aliphatic heterocycles. The fourth-order valence-corrected chi connectivity index (χ4v) is 0.733. The summed E-state index contributed by atoms with van der Waals surface area (Å²) >= 11 is 0. The Bertz CT molecular complexity index is 200. The molecule has 0 saturated heterocycles. The number of amides is 1. The minimum Gasteiger partial charge on any atom is -0.365 e. The molecule has 2 N–H and O–H groups in total. The van der Waals surface area contributed by atoms with Crippen LogP contribution >= 0.6 is 0 Å². The minimum atomic E-state index is -2.86. The summed E-state index contributed by atoms with van der Waals surface area (Å²) in [6.07, 6.45) is -0.609. The Morgan fingerprint density at radius 1 is 1.70 bits per heavy atom. The fourth-order valence-electron chi connectivity index (χ4n) is 0.733. The van der Waals surface area contributed by atoms with Gasteiger partial charge in [0.2, 0.25) is 0 Å². The number of hydrogen-bond acceptors (Lipinski definition) is 2. The number of hydrogen-bond donors (Lipinski definition) is 1. The van der Waals surface area contributed by atoms with E-state index in [0.717, 1.165) is 0 Å². The van der Waals surface area contributed by atoms with E-state index in [4.69, 9.17) is 5.73 Å². The highest BCUT2D eigenvalue weighted by Gasteiger charge is 2.37. The largest absolute Gasteiger partial charge is 0.365 e. The molecule has 1 amide bonds. The van der Waals surface area contributed by atoms with Crippen molar-refractivity contribution in [2.75, 3.05) is 6.54 Å². The smallest absolute Gasteiger partial charge is 0.272 e. The number of nitrogens with zero attached hydrogens (tertiary/aromatic N) is 1. The van der Waals surface area contributed by atoms with E-state index in [-0.39, 0.29) is 5.71 Å².